The van der Waals surface area contributed by atoms with Crippen molar-refractivity contribution in [2.45, 2.75) is 32.5 Å². The molecule has 0 radical (unpaired) electrons. The predicted octanol–water partition coefficient (Wildman–Crippen LogP) is 4.24. The lowest BCUT2D eigenvalue weighted by molar-refractivity contribution is 0.0278. The van der Waals surface area contributed by atoms with E-state index < -0.39 is 6.10 Å². The average Bonchev–Trinajstić information content (AvgIpc) is 3.04. The molecule has 1 N–H and O–H groups in total. The number of ether oxygens (including phenoxy) is 2. The number of benzene rings is 2. The normalized spacial score (nSPS) is 12.5. The van der Waals surface area contributed by atoms with Gasteiger partial charge in [0, 0.05) is 44.9 Å². The molecule has 0 bridgehead atoms. The van der Waals surface area contributed by atoms with Gasteiger partial charge in [0.2, 0.25) is 5.88 Å². The largest absolute Gasteiger partial charge is 0.439 e. The lowest BCUT2D eigenvalue weighted by Gasteiger charge is -2.29. The van der Waals surface area contributed by atoms with Crippen LogP contribution in [0.2, 0.25) is 0 Å². The highest BCUT2D eigenvalue weighted by Gasteiger charge is 2.24. The maximum absolute atomic E-state index is 13.7. The van der Waals surface area contributed by atoms with Crippen molar-refractivity contribution in [1.82, 2.24) is 14.7 Å². The van der Waals surface area contributed by atoms with Crippen molar-refractivity contribution in [3.8, 4) is 22.9 Å². The second kappa shape index (κ2) is 10.5. The van der Waals surface area contributed by atoms with Gasteiger partial charge < -0.3 is 14.6 Å². The van der Waals surface area contributed by atoms with Crippen LogP contribution in [0.4, 0.5) is 4.39 Å². The summed E-state index contributed by atoms with van der Waals surface area (Å²) in [5, 5.41) is 15.0. The van der Waals surface area contributed by atoms with Gasteiger partial charge in [-0.1, -0.05) is 36.4 Å². The zero-order valence-electron chi connectivity index (χ0n) is 18.5. The second-order valence-corrected chi connectivity index (χ2v) is 7.81. The fraction of sp³-hybridized carbons (Fsp3) is 0.375. The van der Waals surface area contributed by atoms with E-state index in [1.54, 1.807) is 23.9 Å². The van der Waals surface area contributed by atoms with Crippen LogP contribution in [0.5, 0.6) is 11.6 Å². The summed E-state index contributed by atoms with van der Waals surface area (Å²) in [4.78, 5) is 2.14. The molecule has 3 aromatic rings. The molecule has 166 valence electrons. The summed E-state index contributed by atoms with van der Waals surface area (Å²) in [5.41, 5.74) is 2.63. The van der Waals surface area contributed by atoms with E-state index >= 15 is 0 Å². The number of hydrogen-bond donors (Lipinski definition) is 1. The number of hydrogen-bond acceptors (Lipinski definition) is 5. The van der Waals surface area contributed by atoms with Gasteiger partial charge in [-0.25, -0.2) is 9.07 Å². The Hall–Kier alpha value is -2.74. The van der Waals surface area contributed by atoms with Crippen molar-refractivity contribution in [1.29, 1.82) is 0 Å². The average molecular weight is 428 g/mol. The van der Waals surface area contributed by atoms with Crippen LogP contribution in [0.1, 0.15) is 19.4 Å². The van der Waals surface area contributed by atoms with E-state index in [1.165, 1.54) is 12.1 Å². The summed E-state index contributed by atoms with van der Waals surface area (Å²) in [6, 6.07) is 16.1. The molecule has 0 amide bonds. The molecule has 0 aliphatic carbocycles. The van der Waals surface area contributed by atoms with E-state index in [-0.39, 0.29) is 18.5 Å². The van der Waals surface area contributed by atoms with E-state index in [0.717, 1.165) is 16.8 Å². The second-order valence-electron chi connectivity index (χ2n) is 7.81. The van der Waals surface area contributed by atoms with Gasteiger partial charge in [0.25, 0.3) is 0 Å². The van der Waals surface area contributed by atoms with Crippen LogP contribution in [-0.2, 0) is 18.3 Å². The first-order valence-corrected chi connectivity index (χ1v) is 10.3. The third kappa shape index (κ3) is 5.91. The van der Waals surface area contributed by atoms with E-state index in [0.29, 0.717) is 24.7 Å². The van der Waals surface area contributed by atoms with Gasteiger partial charge >= 0.3 is 0 Å². The molecule has 0 aliphatic heterocycles. The summed E-state index contributed by atoms with van der Waals surface area (Å²) in [6.45, 7) is 5.35. The molecule has 1 heterocycles. The first kappa shape index (κ1) is 22.9. The lowest BCUT2D eigenvalue weighted by Crippen LogP contribution is -2.38. The van der Waals surface area contributed by atoms with Crippen LogP contribution in [-0.4, -0.2) is 52.2 Å². The topological polar surface area (TPSA) is 59.8 Å². The van der Waals surface area contributed by atoms with Crippen LogP contribution in [0, 0.1) is 5.82 Å². The molecule has 0 saturated carbocycles. The number of rotatable bonds is 10. The van der Waals surface area contributed by atoms with Crippen LogP contribution in [0.15, 0.2) is 54.6 Å². The van der Waals surface area contributed by atoms with Crippen LogP contribution in [0.3, 0.4) is 0 Å². The molecule has 6 nitrogen and oxygen atoms in total. The molecule has 7 heteroatoms. The molecule has 2 aromatic carbocycles. The Kier molecular flexibility index (Phi) is 7.79. The first-order valence-electron chi connectivity index (χ1n) is 10.3. The Bertz CT molecular complexity index is 975. The highest BCUT2D eigenvalue weighted by atomic mass is 19.1. The molecule has 1 aromatic heterocycles. The number of aromatic nitrogens is 2. The molecule has 0 saturated heterocycles. The van der Waals surface area contributed by atoms with Gasteiger partial charge in [-0.05, 0) is 26.0 Å². The minimum absolute atomic E-state index is 0.164. The fourth-order valence-electron chi connectivity index (χ4n) is 3.47. The third-order valence-electron chi connectivity index (χ3n) is 5.04. The minimum atomic E-state index is -0.614. The number of nitrogens with zero attached hydrogens (tertiary/aromatic N) is 3. The van der Waals surface area contributed by atoms with Gasteiger partial charge in [-0.15, -0.1) is 0 Å². The molecule has 0 aliphatic rings. The zero-order chi connectivity index (χ0) is 22.4. The zero-order valence-corrected chi connectivity index (χ0v) is 18.5. The molecule has 1 atom stereocenters. The summed E-state index contributed by atoms with van der Waals surface area (Å²) < 4.78 is 26.6. The van der Waals surface area contributed by atoms with Crippen molar-refractivity contribution in [2.24, 2.45) is 7.05 Å². The van der Waals surface area contributed by atoms with Crippen molar-refractivity contribution in [2.75, 3.05) is 20.3 Å². The Morgan fingerprint density at radius 1 is 1.13 bits per heavy atom. The number of halogens is 1. The van der Waals surface area contributed by atoms with Gasteiger partial charge in [0.05, 0.1) is 18.3 Å². The van der Waals surface area contributed by atoms with E-state index in [4.69, 9.17) is 14.6 Å². The number of aryl methyl sites for hydroxylation is 1. The molecule has 3 rings (SSSR count). The Morgan fingerprint density at radius 3 is 2.52 bits per heavy atom. The van der Waals surface area contributed by atoms with Gasteiger partial charge in [-0.3, -0.25) is 4.90 Å². The highest BCUT2D eigenvalue weighted by molar-refractivity contribution is 5.65. The SMILES string of the molecule is COC[C@@H](O)CN(Cc1c(-c2ccccc2)nn(C)c1Oc1cccc(F)c1)C(C)C. The van der Waals surface area contributed by atoms with Crippen LogP contribution < -0.4 is 4.74 Å². The summed E-state index contributed by atoms with van der Waals surface area (Å²) >= 11 is 0. The smallest absolute Gasteiger partial charge is 0.222 e. The predicted molar refractivity (Wildman–Crippen MR) is 119 cm³/mol. The van der Waals surface area contributed by atoms with E-state index in [1.807, 2.05) is 37.4 Å². The number of methoxy groups -OCH3 is 1. The summed E-state index contributed by atoms with van der Waals surface area (Å²) in [7, 11) is 3.38. The van der Waals surface area contributed by atoms with Crippen molar-refractivity contribution < 1.29 is 19.0 Å². The molecule has 0 spiro atoms. The van der Waals surface area contributed by atoms with Crippen molar-refractivity contribution in [3.05, 3.63) is 66.0 Å². The molecule has 0 fully saturated rings. The standard InChI is InChI=1S/C24H30FN3O3/c1-17(2)28(14-20(29)16-30-4)15-22-23(18-9-6-5-7-10-18)26-27(3)24(22)31-21-12-8-11-19(25)13-21/h5-13,17,20,29H,14-16H2,1-4H3/t20-/m0/s1. The summed E-state index contributed by atoms with van der Waals surface area (Å²) in [5.74, 6) is 0.576. The maximum atomic E-state index is 13.7. The quantitative estimate of drug-likeness (QED) is 0.525. The molecular weight excluding hydrogens is 397 g/mol. The molecule has 31 heavy (non-hydrogen) atoms. The molecular formula is C24H30FN3O3. The van der Waals surface area contributed by atoms with E-state index in [9.17, 15) is 9.50 Å². The van der Waals surface area contributed by atoms with Crippen molar-refractivity contribution in [3.63, 3.8) is 0 Å². The molecule has 0 unspecified atom stereocenters. The Labute approximate surface area is 182 Å². The lowest BCUT2D eigenvalue weighted by atomic mass is 10.1. The Morgan fingerprint density at radius 2 is 1.87 bits per heavy atom. The highest BCUT2D eigenvalue weighted by Crippen LogP contribution is 2.34. The van der Waals surface area contributed by atoms with Gasteiger partial charge in [0.15, 0.2) is 0 Å². The minimum Gasteiger partial charge on any atom is -0.439 e. The maximum Gasteiger partial charge on any atom is 0.222 e. The van der Waals surface area contributed by atoms with E-state index in [2.05, 4.69) is 18.7 Å². The third-order valence-corrected chi connectivity index (χ3v) is 5.04. The monoisotopic (exact) mass is 427 g/mol. The van der Waals surface area contributed by atoms with Crippen LogP contribution in [0.25, 0.3) is 11.3 Å². The fourth-order valence-corrected chi connectivity index (χ4v) is 3.47. The van der Waals surface area contributed by atoms with Gasteiger partial charge in [0.1, 0.15) is 17.3 Å². The van der Waals surface area contributed by atoms with Crippen molar-refractivity contribution >= 4 is 0 Å². The first-order chi connectivity index (χ1) is 14.9. The summed E-state index contributed by atoms with van der Waals surface area (Å²) in [6.07, 6.45) is -0.614. The van der Waals surface area contributed by atoms with Gasteiger partial charge in [-0.2, -0.15) is 5.10 Å². The number of aliphatic hydroxyl groups excluding tert-OH is 1. The van der Waals surface area contributed by atoms with Crippen LogP contribution >= 0.6 is 0 Å². The Balaban J connectivity index is 2.01. The number of aliphatic hydroxyl groups is 1.